The fourth-order valence-electron chi connectivity index (χ4n) is 3.90. The van der Waals surface area contributed by atoms with Crippen molar-refractivity contribution in [3.05, 3.63) is 94.2 Å². The lowest BCUT2D eigenvalue weighted by molar-refractivity contribution is -0.274. The van der Waals surface area contributed by atoms with Crippen molar-refractivity contribution in [1.82, 2.24) is 9.55 Å². The highest BCUT2D eigenvalue weighted by Gasteiger charge is 2.31. The van der Waals surface area contributed by atoms with Crippen LogP contribution in [0.5, 0.6) is 5.75 Å². The number of benzene rings is 3. The average Bonchev–Trinajstić information content (AvgIpc) is 3.29. The maximum atomic E-state index is 12.4. The molecule has 1 aromatic heterocycles. The summed E-state index contributed by atoms with van der Waals surface area (Å²) in [6.07, 6.45) is 3.23. The predicted molar refractivity (Wildman–Crippen MR) is 141 cm³/mol. The van der Waals surface area contributed by atoms with E-state index in [1.165, 1.54) is 12.1 Å². The third-order valence-corrected chi connectivity index (χ3v) is 6.02. The van der Waals surface area contributed by atoms with Crippen LogP contribution in [0.3, 0.4) is 0 Å². The van der Waals surface area contributed by atoms with Crippen molar-refractivity contribution in [2.75, 3.05) is 5.32 Å². The van der Waals surface area contributed by atoms with Crippen molar-refractivity contribution in [3.8, 4) is 11.4 Å². The second kappa shape index (κ2) is 10.2. The molecule has 1 aliphatic carbocycles. The molecule has 0 saturated carbocycles. The number of alkyl halides is 3. The largest absolute Gasteiger partial charge is 0.573 e. The molecule has 4 aromatic rings. The SMILES string of the molecule is FC(F)(F)Oc1ccc(-n2cnc3c4c(ccc32)=CC(=CN=NC(=S)Nc2ccccc2Cl)CC=4)cc1. The molecule has 186 valence electrons. The average molecular weight is 540 g/mol. The van der Waals surface area contributed by atoms with E-state index >= 15 is 0 Å². The summed E-state index contributed by atoms with van der Waals surface area (Å²) in [6.45, 7) is 0. The van der Waals surface area contributed by atoms with E-state index in [2.05, 4.69) is 31.3 Å². The number of hydrogen-bond acceptors (Lipinski definition) is 4. The molecule has 0 aliphatic heterocycles. The maximum absolute atomic E-state index is 12.4. The fraction of sp³-hybridized carbons (Fsp3) is 0.0769. The van der Waals surface area contributed by atoms with Crippen LogP contribution in [0.4, 0.5) is 18.9 Å². The molecule has 0 radical (unpaired) electrons. The number of fused-ring (bicyclic) bond motifs is 3. The number of para-hydroxylation sites is 1. The van der Waals surface area contributed by atoms with Crippen LogP contribution in [-0.4, -0.2) is 21.0 Å². The zero-order valence-electron chi connectivity index (χ0n) is 18.9. The first kappa shape index (κ1) is 24.7. The van der Waals surface area contributed by atoms with E-state index in [-0.39, 0.29) is 10.9 Å². The molecule has 6 nitrogen and oxygen atoms in total. The highest BCUT2D eigenvalue weighted by atomic mass is 35.5. The molecule has 0 bridgehead atoms. The van der Waals surface area contributed by atoms with Gasteiger partial charge in [0.05, 0.1) is 27.9 Å². The fourth-order valence-corrected chi connectivity index (χ4v) is 4.24. The molecule has 11 heteroatoms. The molecule has 5 rings (SSSR count). The van der Waals surface area contributed by atoms with Gasteiger partial charge in [-0.25, -0.2) is 4.98 Å². The first-order valence-corrected chi connectivity index (χ1v) is 11.7. The third-order valence-electron chi connectivity index (χ3n) is 5.51. The Hall–Kier alpha value is -4.02. The van der Waals surface area contributed by atoms with Gasteiger partial charge >= 0.3 is 6.36 Å². The predicted octanol–water partition coefficient (Wildman–Crippen LogP) is 6.28. The summed E-state index contributed by atoms with van der Waals surface area (Å²) < 4.78 is 43.1. The lowest BCUT2D eigenvalue weighted by Crippen LogP contribution is -2.28. The van der Waals surface area contributed by atoms with Crippen LogP contribution in [0.1, 0.15) is 6.42 Å². The number of anilines is 1. The normalized spacial score (nSPS) is 14.3. The molecule has 1 aliphatic rings. The van der Waals surface area contributed by atoms with E-state index in [9.17, 15) is 13.2 Å². The summed E-state index contributed by atoms with van der Waals surface area (Å²) in [4.78, 5) is 4.55. The summed E-state index contributed by atoms with van der Waals surface area (Å²) in [5, 5.41) is 13.7. The van der Waals surface area contributed by atoms with Gasteiger partial charge in [0.25, 0.3) is 0 Å². The minimum atomic E-state index is -4.73. The van der Waals surface area contributed by atoms with E-state index in [0.29, 0.717) is 22.8 Å². The molecule has 0 fully saturated rings. The third kappa shape index (κ3) is 5.71. The zero-order valence-corrected chi connectivity index (χ0v) is 20.5. The lowest BCUT2D eigenvalue weighted by atomic mass is 10.0. The molecule has 37 heavy (non-hydrogen) atoms. The number of allylic oxidation sites excluding steroid dienone is 1. The summed E-state index contributed by atoms with van der Waals surface area (Å²) >= 11 is 11.3. The number of halogens is 4. The zero-order chi connectivity index (χ0) is 26.0. The van der Waals surface area contributed by atoms with E-state index < -0.39 is 6.36 Å². The highest BCUT2D eigenvalue weighted by Crippen LogP contribution is 2.25. The van der Waals surface area contributed by atoms with Gasteiger partial charge in [-0.1, -0.05) is 35.9 Å². The Balaban J connectivity index is 1.35. The molecule has 0 atom stereocenters. The van der Waals surface area contributed by atoms with Gasteiger partial charge in [-0.3, -0.25) is 4.57 Å². The second-order valence-electron chi connectivity index (χ2n) is 7.97. The van der Waals surface area contributed by atoms with Gasteiger partial charge in [0.1, 0.15) is 12.1 Å². The van der Waals surface area contributed by atoms with E-state index in [1.807, 2.05) is 34.9 Å². The Morgan fingerprint density at radius 3 is 2.65 bits per heavy atom. The molecule has 3 aromatic carbocycles. The first-order chi connectivity index (χ1) is 17.8. The van der Waals surface area contributed by atoms with Crippen LogP contribution in [0.25, 0.3) is 28.9 Å². The van der Waals surface area contributed by atoms with Crippen molar-refractivity contribution in [1.29, 1.82) is 0 Å². The van der Waals surface area contributed by atoms with Crippen LogP contribution in [0, 0.1) is 0 Å². The highest BCUT2D eigenvalue weighted by molar-refractivity contribution is 7.80. The van der Waals surface area contributed by atoms with Gasteiger partial charge in [-0.05, 0) is 78.0 Å². The molecule has 0 amide bonds. The second-order valence-corrected chi connectivity index (χ2v) is 8.77. The van der Waals surface area contributed by atoms with E-state index in [4.69, 9.17) is 23.8 Å². The van der Waals surface area contributed by atoms with Crippen LogP contribution in [0.15, 0.2) is 89.0 Å². The number of thiocarbonyl (C=S) groups is 1. The molecular weight excluding hydrogens is 523 g/mol. The molecule has 0 unspecified atom stereocenters. The van der Waals surface area contributed by atoms with Gasteiger partial charge < -0.3 is 10.1 Å². The first-order valence-electron chi connectivity index (χ1n) is 11.0. The van der Waals surface area contributed by atoms with E-state index in [1.54, 1.807) is 36.8 Å². The number of hydrogen-bond donors (Lipinski definition) is 1. The van der Waals surface area contributed by atoms with Crippen molar-refractivity contribution in [3.63, 3.8) is 0 Å². The molecule has 0 spiro atoms. The standard InChI is InChI=1S/C26H17ClF3N5OS/c27-21-3-1-2-4-22(21)33-25(37)34-32-14-16-5-11-20-17(13-16)6-12-23-24(20)31-15-35(23)18-7-9-19(10-8-18)36-26(28,29)30/h1-4,6-15H,5H2,(H,33,37). The number of azo groups is 1. The Morgan fingerprint density at radius 1 is 1.11 bits per heavy atom. The van der Waals surface area contributed by atoms with Crippen molar-refractivity contribution in [2.45, 2.75) is 12.8 Å². The summed E-state index contributed by atoms with van der Waals surface area (Å²) in [7, 11) is 0. The summed E-state index contributed by atoms with van der Waals surface area (Å²) in [6, 6.07) is 16.7. The number of nitrogens with one attached hydrogen (secondary N) is 1. The Morgan fingerprint density at radius 2 is 1.89 bits per heavy atom. The van der Waals surface area contributed by atoms with Crippen LogP contribution < -0.4 is 20.5 Å². The topological polar surface area (TPSA) is 63.8 Å². The van der Waals surface area contributed by atoms with Gasteiger partial charge in [0.15, 0.2) is 0 Å². The Labute approximate surface area is 219 Å². The van der Waals surface area contributed by atoms with E-state index in [0.717, 1.165) is 27.0 Å². The molecule has 1 heterocycles. The number of aromatic nitrogens is 2. The van der Waals surface area contributed by atoms with Crippen LogP contribution >= 0.6 is 23.8 Å². The smallest absolute Gasteiger partial charge is 0.406 e. The van der Waals surface area contributed by atoms with Crippen molar-refractivity contribution >= 4 is 57.8 Å². The molecule has 1 N–H and O–H groups in total. The van der Waals surface area contributed by atoms with Crippen molar-refractivity contribution in [2.24, 2.45) is 10.2 Å². The number of rotatable bonds is 4. The summed E-state index contributed by atoms with van der Waals surface area (Å²) in [5.41, 5.74) is 3.88. The molecule has 0 saturated heterocycles. The number of ether oxygens (including phenoxy) is 1. The summed E-state index contributed by atoms with van der Waals surface area (Å²) in [5.74, 6) is -0.280. The van der Waals surface area contributed by atoms with Gasteiger partial charge in [-0.2, -0.15) is 5.11 Å². The van der Waals surface area contributed by atoms with Gasteiger partial charge in [0, 0.05) is 10.9 Å². The monoisotopic (exact) mass is 539 g/mol. The van der Waals surface area contributed by atoms with Crippen molar-refractivity contribution < 1.29 is 17.9 Å². The minimum Gasteiger partial charge on any atom is -0.406 e. The molecular formula is C26H17ClF3N5OS. The Kier molecular flexibility index (Phi) is 6.77. The van der Waals surface area contributed by atoms with Gasteiger partial charge in [0.2, 0.25) is 5.11 Å². The maximum Gasteiger partial charge on any atom is 0.573 e. The van der Waals surface area contributed by atoms with Crippen LogP contribution in [0.2, 0.25) is 5.02 Å². The lowest BCUT2D eigenvalue weighted by Gasteiger charge is -2.10. The number of imidazole rings is 1. The van der Waals surface area contributed by atoms with Gasteiger partial charge in [-0.15, -0.1) is 18.3 Å². The minimum absolute atomic E-state index is 0.190. The number of nitrogens with zero attached hydrogens (tertiary/aromatic N) is 4. The van der Waals surface area contributed by atoms with Crippen LogP contribution in [-0.2, 0) is 0 Å². The quantitative estimate of drug-likeness (QED) is 0.245. The Bertz CT molecular complexity index is 1680.